The number of nitrogens with zero attached hydrogens (tertiary/aromatic N) is 1. The van der Waals surface area contributed by atoms with Crippen molar-refractivity contribution in [2.45, 2.75) is 58.9 Å². The second-order valence-corrected chi connectivity index (χ2v) is 11.4. The average Bonchev–Trinajstić information content (AvgIpc) is 3.32. The zero-order valence-corrected chi connectivity index (χ0v) is 23.8. The Labute approximate surface area is 228 Å². The van der Waals surface area contributed by atoms with Crippen molar-refractivity contribution in [3.8, 4) is 33.9 Å². The van der Waals surface area contributed by atoms with Gasteiger partial charge < -0.3 is 19.4 Å². The highest BCUT2D eigenvalue weighted by Gasteiger charge is 2.21. The first-order valence-corrected chi connectivity index (χ1v) is 14.1. The van der Waals surface area contributed by atoms with E-state index >= 15 is 0 Å². The molecule has 4 nitrogen and oxygen atoms in total. The Balaban J connectivity index is 1.40. The smallest absolute Gasteiger partial charge is 0.161 e. The van der Waals surface area contributed by atoms with Crippen molar-refractivity contribution < 1.29 is 9.47 Å². The SMILES string of the molecule is COc1ccc(-c2[nH]c3ccc(-c4ccc(CC5CCN(C(C)C)CC5)cc4)cc3c2C(C)C)cc1OC. The van der Waals surface area contributed by atoms with Gasteiger partial charge in [0.1, 0.15) is 0 Å². The van der Waals surface area contributed by atoms with Gasteiger partial charge in [0.2, 0.25) is 0 Å². The van der Waals surface area contributed by atoms with Crippen LogP contribution in [0.5, 0.6) is 11.5 Å². The number of rotatable bonds is 8. The molecular weight excluding hydrogens is 468 g/mol. The molecule has 1 saturated heterocycles. The fraction of sp³-hybridized carbons (Fsp3) is 0.412. The van der Waals surface area contributed by atoms with E-state index in [-0.39, 0.29) is 0 Å². The van der Waals surface area contributed by atoms with Gasteiger partial charge in [-0.1, -0.05) is 44.2 Å². The molecule has 1 fully saturated rings. The third-order valence-corrected chi connectivity index (χ3v) is 8.28. The lowest BCUT2D eigenvalue weighted by Gasteiger charge is -2.34. The number of likely N-dealkylation sites (tertiary alicyclic amines) is 1. The number of aromatic nitrogens is 1. The maximum absolute atomic E-state index is 5.58. The predicted octanol–water partition coefficient (Wildman–Crippen LogP) is 8.31. The van der Waals surface area contributed by atoms with Gasteiger partial charge in [-0.3, -0.25) is 0 Å². The molecule has 5 rings (SSSR count). The number of piperidine rings is 1. The van der Waals surface area contributed by atoms with E-state index < -0.39 is 0 Å². The van der Waals surface area contributed by atoms with Crippen molar-refractivity contribution >= 4 is 10.9 Å². The van der Waals surface area contributed by atoms with Crippen LogP contribution < -0.4 is 9.47 Å². The number of fused-ring (bicyclic) bond motifs is 1. The van der Waals surface area contributed by atoms with Gasteiger partial charge in [0.15, 0.2) is 11.5 Å². The number of nitrogens with one attached hydrogen (secondary N) is 1. The van der Waals surface area contributed by atoms with Crippen LogP contribution in [0.3, 0.4) is 0 Å². The molecular formula is C34H42N2O2. The molecule has 0 aliphatic carbocycles. The van der Waals surface area contributed by atoms with Gasteiger partial charge >= 0.3 is 0 Å². The topological polar surface area (TPSA) is 37.5 Å². The number of ether oxygens (including phenoxy) is 2. The number of methoxy groups -OCH3 is 2. The minimum absolute atomic E-state index is 0.367. The first kappa shape index (κ1) is 26.4. The summed E-state index contributed by atoms with van der Waals surface area (Å²) in [6.45, 7) is 11.6. The summed E-state index contributed by atoms with van der Waals surface area (Å²) in [6, 6.07) is 22.9. The molecule has 1 aliphatic rings. The molecule has 4 heteroatoms. The molecule has 0 amide bonds. The molecule has 200 valence electrons. The second-order valence-electron chi connectivity index (χ2n) is 11.4. The summed E-state index contributed by atoms with van der Waals surface area (Å²) in [6.07, 6.45) is 3.81. The largest absolute Gasteiger partial charge is 0.493 e. The molecule has 0 bridgehead atoms. The standard InChI is InChI=1S/C34H42N2O2/c1-22(2)33-29-20-27(11-13-30(29)35-34(33)28-12-14-31(37-5)32(21-28)38-6)26-9-7-24(8-10-26)19-25-15-17-36(18-16-25)23(3)4/h7-14,20-23,25,35H,15-19H2,1-6H3. The number of hydrogen-bond acceptors (Lipinski definition) is 3. The Morgan fingerprint density at radius 1 is 0.789 bits per heavy atom. The van der Waals surface area contributed by atoms with Gasteiger partial charge in [-0.25, -0.2) is 0 Å². The van der Waals surface area contributed by atoms with Crippen LogP contribution >= 0.6 is 0 Å². The fourth-order valence-corrected chi connectivity index (χ4v) is 6.05. The zero-order valence-electron chi connectivity index (χ0n) is 23.8. The minimum Gasteiger partial charge on any atom is -0.493 e. The van der Waals surface area contributed by atoms with Crippen molar-refractivity contribution in [2.75, 3.05) is 27.3 Å². The maximum Gasteiger partial charge on any atom is 0.161 e. The van der Waals surface area contributed by atoms with Crippen LogP contribution in [0, 0.1) is 5.92 Å². The van der Waals surface area contributed by atoms with E-state index in [1.54, 1.807) is 14.2 Å². The lowest BCUT2D eigenvalue weighted by atomic mass is 9.89. The molecule has 1 N–H and O–H groups in total. The normalized spacial score (nSPS) is 15.1. The summed E-state index contributed by atoms with van der Waals surface area (Å²) >= 11 is 0. The summed E-state index contributed by atoms with van der Waals surface area (Å²) in [5.41, 5.74) is 8.73. The van der Waals surface area contributed by atoms with Crippen molar-refractivity contribution in [2.24, 2.45) is 5.92 Å². The van der Waals surface area contributed by atoms with E-state index in [1.165, 1.54) is 60.0 Å². The second kappa shape index (κ2) is 11.2. The lowest BCUT2D eigenvalue weighted by Crippen LogP contribution is -2.38. The summed E-state index contributed by atoms with van der Waals surface area (Å²) in [7, 11) is 3.35. The molecule has 0 radical (unpaired) electrons. The molecule has 0 spiro atoms. The number of hydrogen-bond donors (Lipinski definition) is 1. The molecule has 0 unspecified atom stereocenters. The molecule has 3 aromatic carbocycles. The molecule has 0 saturated carbocycles. The Hall–Kier alpha value is -3.24. The van der Waals surface area contributed by atoms with E-state index in [2.05, 4.69) is 92.2 Å². The van der Waals surface area contributed by atoms with Crippen LogP contribution in [0.4, 0.5) is 0 Å². The van der Waals surface area contributed by atoms with E-state index in [4.69, 9.17) is 9.47 Å². The monoisotopic (exact) mass is 510 g/mol. The minimum atomic E-state index is 0.367. The van der Waals surface area contributed by atoms with Gasteiger partial charge in [0.05, 0.1) is 19.9 Å². The summed E-state index contributed by atoms with van der Waals surface area (Å²) in [5.74, 6) is 2.65. The average molecular weight is 511 g/mol. The van der Waals surface area contributed by atoms with Crippen molar-refractivity contribution in [1.82, 2.24) is 9.88 Å². The Kier molecular flexibility index (Phi) is 7.80. The quantitative estimate of drug-likeness (QED) is 0.259. The number of aromatic amines is 1. The van der Waals surface area contributed by atoms with E-state index in [0.29, 0.717) is 12.0 Å². The van der Waals surface area contributed by atoms with Crippen LogP contribution in [-0.4, -0.2) is 43.2 Å². The van der Waals surface area contributed by atoms with Crippen LogP contribution in [0.1, 0.15) is 57.6 Å². The third kappa shape index (κ3) is 5.33. The Morgan fingerprint density at radius 2 is 1.45 bits per heavy atom. The molecule has 0 atom stereocenters. The molecule has 38 heavy (non-hydrogen) atoms. The highest BCUT2D eigenvalue weighted by molar-refractivity contribution is 5.94. The van der Waals surface area contributed by atoms with E-state index in [9.17, 15) is 0 Å². The van der Waals surface area contributed by atoms with E-state index in [0.717, 1.165) is 34.2 Å². The highest BCUT2D eigenvalue weighted by Crippen LogP contribution is 2.40. The summed E-state index contributed by atoms with van der Waals surface area (Å²) in [4.78, 5) is 6.30. The van der Waals surface area contributed by atoms with Gasteiger partial charge in [0.25, 0.3) is 0 Å². The van der Waals surface area contributed by atoms with Gasteiger partial charge in [-0.05, 0) is 111 Å². The Morgan fingerprint density at radius 3 is 2.08 bits per heavy atom. The molecule has 4 aromatic rings. The first-order chi connectivity index (χ1) is 18.4. The Bertz CT molecular complexity index is 1380. The van der Waals surface area contributed by atoms with Gasteiger partial charge in [0, 0.05) is 22.5 Å². The maximum atomic E-state index is 5.58. The lowest BCUT2D eigenvalue weighted by molar-refractivity contribution is 0.149. The van der Waals surface area contributed by atoms with Crippen LogP contribution in [-0.2, 0) is 6.42 Å². The van der Waals surface area contributed by atoms with Gasteiger partial charge in [-0.15, -0.1) is 0 Å². The van der Waals surface area contributed by atoms with Crippen molar-refractivity contribution in [3.63, 3.8) is 0 Å². The van der Waals surface area contributed by atoms with Crippen LogP contribution in [0.2, 0.25) is 0 Å². The fourth-order valence-electron chi connectivity index (χ4n) is 6.05. The van der Waals surface area contributed by atoms with Crippen LogP contribution in [0.15, 0.2) is 60.7 Å². The summed E-state index contributed by atoms with van der Waals surface area (Å²) in [5, 5.41) is 1.28. The molecule has 2 heterocycles. The van der Waals surface area contributed by atoms with E-state index in [1.807, 2.05) is 6.07 Å². The van der Waals surface area contributed by atoms with Crippen LogP contribution in [0.25, 0.3) is 33.3 Å². The third-order valence-electron chi connectivity index (χ3n) is 8.28. The highest BCUT2D eigenvalue weighted by atomic mass is 16.5. The number of benzene rings is 3. The first-order valence-electron chi connectivity index (χ1n) is 14.1. The molecule has 1 aliphatic heterocycles. The number of H-pyrrole nitrogens is 1. The van der Waals surface area contributed by atoms with Crippen molar-refractivity contribution in [1.29, 1.82) is 0 Å². The zero-order chi connectivity index (χ0) is 26.8. The van der Waals surface area contributed by atoms with Crippen molar-refractivity contribution in [3.05, 3.63) is 71.8 Å². The summed E-state index contributed by atoms with van der Waals surface area (Å²) < 4.78 is 11.0. The molecule has 1 aromatic heterocycles. The van der Waals surface area contributed by atoms with Gasteiger partial charge in [-0.2, -0.15) is 0 Å². The predicted molar refractivity (Wildman–Crippen MR) is 160 cm³/mol.